The maximum Gasteiger partial charge on any atom is 0.237 e. The summed E-state index contributed by atoms with van der Waals surface area (Å²) in [6.45, 7) is 9.89. The third kappa shape index (κ3) is 5.47. The molecule has 0 aromatic carbocycles. The molecule has 0 bridgehead atoms. The first-order valence-corrected chi connectivity index (χ1v) is 9.80. The summed E-state index contributed by atoms with van der Waals surface area (Å²) in [5.74, 6) is 1.85. The molecule has 2 saturated heterocycles. The van der Waals surface area contributed by atoms with Crippen molar-refractivity contribution >= 4 is 11.8 Å². The van der Waals surface area contributed by atoms with Crippen LogP contribution in [-0.2, 0) is 9.59 Å². The van der Waals surface area contributed by atoms with Crippen molar-refractivity contribution in [2.24, 2.45) is 17.8 Å². The number of carbonyl (C=O) groups is 2. The van der Waals surface area contributed by atoms with Gasteiger partial charge in [-0.15, -0.1) is 0 Å². The smallest absolute Gasteiger partial charge is 0.237 e. The SMILES string of the molecule is CCC(CC(=O)N1CCCC(CNC(=O)C2CCCN2)C1)C(C)C. The molecule has 5 heteroatoms. The molecule has 2 N–H and O–H groups in total. The molecule has 2 aliphatic heterocycles. The summed E-state index contributed by atoms with van der Waals surface area (Å²) < 4.78 is 0. The molecule has 0 aromatic heterocycles. The number of hydrogen-bond donors (Lipinski definition) is 2. The summed E-state index contributed by atoms with van der Waals surface area (Å²) in [6, 6.07) is -0.0114. The molecule has 2 amide bonds. The van der Waals surface area contributed by atoms with E-state index in [1.807, 2.05) is 4.90 Å². The Labute approximate surface area is 146 Å². The molecule has 0 saturated carbocycles. The topological polar surface area (TPSA) is 61.4 Å². The van der Waals surface area contributed by atoms with Crippen LogP contribution in [0.2, 0.25) is 0 Å². The van der Waals surface area contributed by atoms with Gasteiger partial charge in [0.05, 0.1) is 6.04 Å². The molecule has 3 unspecified atom stereocenters. The molecule has 0 aromatic rings. The highest BCUT2D eigenvalue weighted by Crippen LogP contribution is 2.23. The van der Waals surface area contributed by atoms with Crippen molar-refractivity contribution in [3.8, 4) is 0 Å². The number of piperidine rings is 1. The van der Waals surface area contributed by atoms with E-state index in [2.05, 4.69) is 31.4 Å². The Morgan fingerprint density at radius 1 is 1.25 bits per heavy atom. The second-order valence-corrected chi connectivity index (χ2v) is 7.86. The van der Waals surface area contributed by atoms with Gasteiger partial charge in [0.1, 0.15) is 0 Å². The van der Waals surface area contributed by atoms with Gasteiger partial charge in [-0.25, -0.2) is 0 Å². The lowest BCUT2D eigenvalue weighted by Crippen LogP contribution is -2.47. The van der Waals surface area contributed by atoms with Gasteiger partial charge in [-0.05, 0) is 50.0 Å². The Morgan fingerprint density at radius 2 is 2.04 bits per heavy atom. The zero-order valence-electron chi connectivity index (χ0n) is 15.6. The predicted molar refractivity (Wildman–Crippen MR) is 96.6 cm³/mol. The summed E-state index contributed by atoms with van der Waals surface area (Å²) in [6.07, 6.45) is 5.90. The average Bonchev–Trinajstić information content (AvgIpc) is 3.12. The largest absolute Gasteiger partial charge is 0.354 e. The maximum atomic E-state index is 12.6. The first-order valence-electron chi connectivity index (χ1n) is 9.80. The van der Waals surface area contributed by atoms with Gasteiger partial charge in [-0.3, -0.25) is 9.59 Å². The molecule has 138 valence electrons. The van der Waals surface area contributed by atoms with Crippen LogP contribution in [0, 0.1) is 17.8 Å². The highest BCUT2D eigenvalue weighted by atomic mass is 16.2. The van der Waals surface area contributed by atoms with Gasteiger partial charge in [-0.1, -0.05) is 27.2 Å². The first-order chi connectivity index (χ1) is 11.5. The molecular formula is C19H35N3O2. The molecular weight excluding hydrogens is 302 g/mol. The van der Waals surface area contributed by atoms with Crippen molar-refractivity contribution in [2.45, 2.75) is 65.3 Å². The zero-order chi connectivity index (χ0) is 17.5. The lowest BCUT2D eigenvalue weighted by atomic mass is 9.89. The predicted octanol–water partition coefficient (Wildman–Crippen LogP) is 2.17. The number of nitrogens with zero attached hydrogens (tertiary/aromatic N) is 1. The van der Waals surface area contributed by atoms with Crippen LogP contribution < -0.4 is 10.6 Å². The van der Waals surface area contributed by atoms with Crippen molar-refractivity contribution in [1.29, 1.82) is 0 Å². The quantitative estimate of drug-likeness (QED) is 0.748. The van der Waals surface area contributed by atoms with Gasteiger partial charge in [0, 0.05) is 26.1 Å². The first kappa shape index (κ1) is 19.2. The van der Waals surface area contributed by atoms with E-state index < -0.39 is 0 Å². The number of rotatable bonds is 7. The third-order valence-electron chi connectivity index (χ3n) is 5.72. The Kier molecular flexibility index (Phi) is 7.53. The molecule has 2 aliphatic rings. The van der Waals surface area contributed by atoms with Gasteiger partial charge in [0.25, 0.3) is 0 Å². The van der Waals surface area contributed by atoms with Crippen LogP contribution in [0.3, 0.4) is 0 Å². The summed E-state index contributed by atoms with van der Waals surface area (Å²) in [5.41, 5.74) is 0. The average molecular weight is 338 g/mol. The molecule has 2 heterocycles. The Balaban J connectivity index is 1.76. The molecule has 0 radical (unpaired) electrons. The summed E-state index contributed by atoms with van der Waals surface area (Å²) in [5, 5.41) is 6.32. The van der Waals surface area contributed by atoms with E-state index in [0.717, 1.165) is 51.7 Å². The molecule has 0 aliphatic carbocycles. The fourth-order valence-electron chi connectivity index (χ4n) is 3.94. The number of nitrogens with one attached hydrogen (secondary N) is 2. The molecule has 3 atom stereocenters. The standard InChI is InChI=1S/C19H35N3O2/c1-4-16(14(2)3)11-18(23)22-10-6-7-15(13-22)12-21-19(24)17-8-5-9-20-17/h14-17,20H,4-13H2,1-3H3,(H,21,24). The van der Waals surface area contributed by atoms with E-state index in [0.29, 0.717) is 36.6 Å². The van der Waals surface area contributed by atoms with E-state index in [1.165, 1.54) is 0 Å². The van der Waals surface area contributed by atoms with Crippen molar-refractivity contribution < 1.29 is 9.59 Å². The van der Waals surface area contributed by atoms with Crippen molar-refractivity contribution in [2.75, 3.05) is 26.2 Å². The van der Waals surface area contributed by atoms with Crippen LogP contribution in [-0.4, -0.2) is 48.9 Å². The molecule has 0 spiro atoms. The lowest BCUT2D eigenvalue weighted by Gasteiger charge is -2.34. The molecule has 2 rings (SSSR count). The van der Waals surface area contributed by atoms with Crippen LogP contribution in [0.5, 0.6) is 0 Å². The minimum atomic E-state index is -0.0114. The zero-order valence-corrected chi connectivity index (χ0v) is 15.6. The second kappa shape index (κ2) is 9.40. The van der Waals surface area contributed by atoms with Crippen LogP contribution in [0.4, 0.5) is 0 Å². The van der Waals surface area contributed by atoms with Gasteiger partial charge in [-0.2, -0.15) is 0 Å². The monoisotopic (exact) mass is 337 g/mol. The number of carbonyl (C=O) groups excluding carboxylic acids is 2. The van der Waals surface area contributed by atoms with Gasteiger partial charge >= 0.3 is 0 Å². The van der Waals surface area contributed by atoms with Gasteiger partial charge < -0.3 is 15.5 Å². The van der Waals surface area contributed by atoms with Crippen LogP contribution >= 0.6 is 0 Å². The lowest BCUT2D eigenvalue weighted by molar-refractivity contribution is -0.134. The van der Waals surface area contributed by atoms with Crippen molar-refractivity contribution in [3.05, 3.63) is 0 Å². The Bertz CT molecular complexity index is 419. The van der Waals surface area contributed by atoms with E-state index in [-0.39, 0.29) is 11.9 Å². The van der Waals surface area contributed by atoms with Crippen molar-refractivity contribution in [1.82, 2.24) is 15.5 Å². The molecule has 5 nitrogen and oxygen atoms in total. The second-order valence-electron chi connectivity index (χ2n) is 7.86. The number of likely N-dealkylation sites (tertiary alicyclic amines) is 1. The van der Waals surface area contributed by atoms with Gasteiger partial charge in [0.2, 0.25) is 11.8 Å². The fraction of sp³-hybridized carbons (Fsp3) is 0.895. The maximum absolute atomic E-state index is 12.6. The highest BCUT2D eigenvalue weighted by Gasteiger charge is 2.27. The number of hydrogen-bond acceptors (Lipinski definition) is 3. The minimum Gasteiger partial charge on any atom is -0.354 e. The van der Waals surface area contributed by atoms with E-state index in [1.54, 1.807) is 0 Å². The van der Waals surface area contributed by atoms with Crippen molar-refractivity contribution in [3.63, 3.8) is 0 Å². The van der Waals surface area contributed by atoms with E-state index in [9.17, 15) is 9.59 Å². The van der Waals surface area contributed by atoms with Crippen LogP contribution in [0.15, 0.2) is 0 Å². The third-order valence-corrected chi connectivity index (χ3v) is 5.72. The van der Waals surface area contributed by atoms with E-state index in [4.69, 9.17) is 0 Å². The van der Waals surface area contributed by atoms with E-state index >= 15 is 0 Å². The molecule has 2 fully saturated rings. The normalized spacial score (nSPS) is 25.8. The fourth-order valence-corrected chi connectivity index (χ4v) is 3.94. The summed E-state index contributed by atoms with van der Waals surface area (Å²) in [7, 11) is 0. The van der Waals surface area contributed by atoms with Crippen LogP contribution in [0.1, 0.15) is 59.3 Å². The molecule has 24 heavy (non-hydrogen) atoms. The summed E-state index contributed by atoms with van der Waals surface area (Å²) in [4.78, 5) is 26.7. The van der Waals surface area contributed by atoms with Gasteiger partial charge in [0.15, 0.2) is 0 Å². The number of amides is 2. The minimum absolute atomic E-state index is 0.0114. The highest BCUT2D eigenvalue weighted by molar-refractivity contribution is 5.82. The Hall–Kier alpha value is -1.10. The summed E-state index contributed by atoms with van der Waals surface area (Å²) >= 11 is 0. The van der Waals surface area contributed by atoms with Crippen LogP contribution in [0.25, 0.3) is 0 Å². The Morgan fingerprint density at radius 3 is 2.67 bits per heavy atom.